The number of hydrogen-bond acceptors (Lipinski definition) is 4. The van der Waals surface area contributed by atoms with E-state index in [0.29, 0.717) is 18.7 Å². The molecule has 6 nitrogen and oxygen atoms in total. The fraction of sp³-hybridized carbons (Fsp3) is 0.240. The van der Waals surface area contributed by atoms with Gasteiger partial charge in [-0.05, 0) is 55.3 Å². The molecule has 0 saturated heterocycles. The monoisotopic (exact) mass is 452 g/mol. The lowest BCUT2D eigenvalue weighted by Crippen LogP contribution is -2.35. The zero-order valence-electron chi connectivity index (χ0n) is 18.3. The normalized spacial score (nSPS) is 11.1. The fourth-order valence-corrected chi connectivity index (χ4v) is 4.74. The average Bonchev–Trinajstić information content (AvgIpc) is 2.81. The number of ether oxygens (including phenoxy) is 1. The highest BCUT2D eigenvalue weighted by atomic mass is 32.2. The van der Waals surface area contributed by atoms with Crippen molar-refractivity contribution < 1.29 is 17.9 Å². The van der Waals surface area contributed by atoms with Gasteiger partial charge in [0, 0.05) is 19.5 Å². The van der Waals surface area contributed by atoms with Gasteiger partial charge in [0.2, 0.25) is 5.91 Å². The predicted octanol–water partition coefficient (Wildman–Crippen LogP) is 3.95. The van der Waals surface area contributed by atoms with Crippen LogP contribution in [-0.4, -0.2) is 34.5 Å². The van der Waals surface area contributed by atoms with E-state index in [-0.39, 0.29) is 23.8 Å². The summed E-state index contributed by atoms with van der Waals surface area (Å²) in [5.41, 5.74) is 2.65. The van der Waals surface area contributed by atoms with Gasteiger partial charge in [0.25, 0.3) is 10.0 Å². The van der Waals surface area contributed by atoms with Crippen LogP contribution < -0.4 is 14.4 Å². The minimum Gasteiger partial charge on any atom is -0.497 e. The summed E-state index contributed by atoms with van der Waals surface area (Å²) in [7, 11) is -2.17. The summed E-state index contributed by atoms with van der Waals surface area (Å²) in [5, 5.41) is 2.88. The van der Waals surface area contributed by atoms with Crippen molar-refractivity contribution in [1.29, 1.82) is 0 Å². The molecule has 0 aliphatic heterocycles. The van der Waals surface area contributed by atoms with E-state index in [0.717, 1.165) is 16.9 Å². The molecule has 1 N–H and O–H groups in total. The van der Waals surface area contributed by atoms with Crippen LogP contribution in [0.15, 0.2) is 83.8 Å². The molecule has 32 heavy (non-hydrogen) atoms. The van der Waals surface area contributed by atoms with E-state index < -0.39 is 10.0 Å². The van der Waals surface area contributed by atoms with Crippen LogP contribution in [0.25, 0.3) is 0 Å². The highest BCUT2D eigenvalue weighted by molar-refractivity contribution is 7.92. The number of carbonyl (C=O) groups excluding carboxylic acids is 1. The van der Waals surface area contributed by atoms with E-state index in [1.54, 1.807) is 49.6 Å². The Morgan fingerprint density at radius 2 is 1.59 bits per heavy atom. The maximum absolute atomic E-state index is 13.3. The second-order valence-electron chi connectivity index (χ2n) is 7.42. The van der Waals surface area contributed by atoms with Crippen LogP contribution in [0.5, 0.6) is 5.75 Å². The van der Waals surface area contributed by atoms with Crippen LogP contribution >= 0.6 is 0 Å². The van der Waals surface area contributed by atoms with E-state index in [4.69, 9.17) is 4.74 Å². The van der Waals surface area contributed by atoms with Gasteiger partial charge in [-0.1, -0.05) is 48.0 Å². The molecule has 7 heteroatoms. The number of amides is 1. The number of nitrogens with zero attached hydrogens (tertiary/aromatic N) is 1. The number of nitrogens with one attached hydrogen (secondary N) is 1. The number of carbonyl (C=O) groups is 1. The van der Waals surface area contributed by atoms with Crippen molar-refractivity contribution in [2.75, 3.05) is 24.5 Å². The Morgan fingerprint density at radius 3 is 2.22 bits per heavy atom. The van der Waals surface area contributed by atoms with Gasteiger partial charge in [0.15, 0.2) is 0 Å². The molecule has 0 radical (unpaired) electrons. The molecule has 0 aromatic heterocycles. The molecule has 3 aromatic rings. The number of benzene rings is 3. The maximum Gasteiger partial charge on any atom is 0.264 e. The molecule has 0 bridgehead atoms. The predicted molar refractivity (Wildman–Crippen MR) is 126 cm³/mol. The molecule has 0 aliphatic rings. The van der Waals surface area contributed by atoms with Crippen molar-refractivity contribution in [2.24, 2.45) is 0 Å². The smallest absolute Gasteiger partial charge is 0.264 e. The zero-order chi connectivity index (χ0) is 23.0. The van der Waals surface area contributed by atoms with Crippen LogP contribution in [0, 0.1) is 6.92 Å². The first kappa shape index (κ1) is 23.3. The quantitative estimate of drug-likeness (QED) is 0.505. The van der Waals surface area contributed by atoms with Gasteiger partial charge in [-0.3, -0.25) is 9.10 Å². The summed E-state index contributed by atoms with van der Waals surface area (Å²) in [5.74, 6) is 0.590. The van der Waals surface area contributed by atoms with Crippen LogP contribution in [0.1, 0.15) is 17.5 Å². The summed E-state index contributed by atoms with van der Waals surface area (Å²) in [6.45, 7) is 2.46. The Morgan fingerprint density at radius 1 is 0.938 bits per heavy atom. The topological polar surface area (TPSA) is 75.7 Å². The first-order chi connectivity index (χ1) is 15.4. The largest absolute Gasteiger partial charge is 0.497 e. The van der Waals surface area contributed by atoms with Crippen molar-refractivity contribution >= 4 is 21.6 Å². The zero-order valence-corrected chi connectivity index (χ0v) is 19.1. The Bertz CT molecular complexity index is 1110. The van der Waals surface area contributed by atoms with Gasteiger partial charge < -0.3 is 10.1 Å². The minimum atomic E-state index is -3.79. The summed E-state index contributed by atoms with van der Waals surface area (Å²) in [4.78, 5) is 12.6. The van der Waals surface area contributed by atoms with Crippen LogP contribution in [0.4, 0.5) is 5.69 Å². The molecule has 0 aliphatic carbocycles. The van der Waals surface area contributed by atoms with Crippen LogP contribution in [-0.2, 0) is 21.2 Å². The van der Waals surface area contributed by atoms with Crippen molar-refractivity contribution in [2.45, 2.75) is 24.7 Å². The minimum absolute atomic E-state index is 0.0503. The van der Waals surface area contributed by atoms with E-state index in [1.807, 2.05) is 43.3 Å². The molecule has 0 fully saturated rings. The molecular formula is C25H28N2O4S. The standard InChI is InChI=1S/C25H28N2O4S/c1-20-8-12-22(13-9-20)27(32(29,30)24-6-4-3-5-7-24)19-17-25(28)26-18-16-21-10-14-23(31-2)15-11-21/h3-15H,16-19H2,1-2H3,(H,26,28). The van der Waals surface area contributed by atoms with E-state index in [2.05, 4.69) is 5.32 Å². The van der Waals surface area contributed by atoms with Crippen molar-refractivity contribution in [3.05, 3.63) is 90.0 Å². The lowest BCUT2D eigenvalue weighted by atomic mass is 10.1. The van der Waals surface area contributed by atoms with Gasteiger partial charge in [-0.2, -0.15) is 0 Å². The molecule has 1 amide bonds. The summed E-state index contributed by atoms with van der Waals surface area (Å²) < 4.78 is 33.0. The molecule has 3 rings (SSSR count). The second-order valence-corrected chi connectivity index (χ2v) is 9.29. The van der Waals surface area contributed by atoms with Crippen LogP contribution in [0.2, 0.25) is 0 Å². The van der Waals surface area contributed by atoms with Gasteiger partial charge in [-0.25, -0.2) is 8.42 Å². The summed E-state index contributed by atoms with van der Waals surface area (Å²) in [6.07, 6.45) is 0.738. The molecule has 168 valence electrons. The summed E-state index contributed by atoms with van der Waals surface area (Å²) in [6, 6.07) is 23.2. The van der Waals surface area contributed by atoms with Crippen molar-refractivity contribution in [3.63, 3.8) is 0 Å². The molecule has 0 spiro atoms. The van der Waals surface area contributed by atoms with Crippen LogP contribution in [0.3, 0.4) is 0 Å². The Labute approximate surface area is 189 Å². The highest BCUT2D eigenvalue weighted by Gasteiger charge is 2.25. The maximum atomic E-state index is 13.3. The van der Waals surface area contributed by atoms with Crippen molar-refractivity contribution in [1.82, 2.24) is 5.32 Å². The van der Waals surface area contributed by atoms with E-state index in [9.17, 15) is 13.2 Å². The molecule has 3 aromatic carbocycles. The number of sulfonamides is 1. The first-order valence-corrected chi connectivity index (χ1v) is 11.9. The third kappa shape index (κ3) is 6.11. The van der Waals surface area contributed by atoms with Gasteiger partial charge in [-0.15, -0.1) is 0 Å². The number of methoxy groups -OCH3 is 1. The Balaban J connectivity index is 1.64. The third-order valence-corrected chi connectivity index (χ3v) is 6.93. The molecule has 0 atom stereocenters. The molecule has 0 heterocycles. The molecule has 0 saturated carbocycles. The second kappa shape index (κ2) is 10.8. The third-order valence-electron chi connectivity index (χ3n) is 5.09. The van der Waals surface area contributed by atoms with Gasteiger partial charge in [0.05, 0.1) is 17.7 Å². The lowest BCUT2D eigenvalue weighted by Gasteiger charge is -2.24. The molecule has 0 unspecified atom stereocenters. The Kier molecular flexibility index (Phi) is 7.89. The Hall–Kier alpha value is -3.32. The first-order valence-electron chi connectivity index (χ1n) is 10.4. The van der Waals surface area contributed by atoms with E-state index in [1.165, 1.54) is 4.31 Å². The number of rotatable bonds is 10. The SMILES string of the molecule is COc1ccc(CCNC(=O)CCN(c2ccc(C)cc2)S(=O)(=O)c2ccccc2)cc1. The average molecular weight is 453 g/mol. The van der Waals surface area contributed by atoms with Gasteiger partial charge in [0.1, 0.15) is 5.75 Å². The lowest BCUT2D eigenvalue weighted by molar-refractivity contribution is -0.120. The number of anilines is 1. The van der Waals surface area contributed by atoms with Crippen molar-refractivity contribution in [3.8, 4) is 5.75 Å². The number of hydrogen-bond donors (Lipinski definition) is 1. The summed E-state index contributed by atoms with van der Waals surface area (Å²) >= 11 is 0. The fourth-order valence-electron chi connectivity index (χ4n) is 3.25. The molecular weight excluding hydrogens is 424 g/mol. The van der Waals surface area contributed by atoms with Gasteiger partial charge >= 0.3 is 0 Å². The number of aryl methyl sites for hydroxylation is 1. The van der Waals surface area contributed by atoms with E-state index >= 15 is 0 Å². The highest BCUT2D eigenvalue weighted by Crippen LogP contribution is 2.24.